The zero-order valence-electron chi connectivity index (χ0n) is 16.9. The molecule has 1 fully saturated rings. The molecule has 0 atom stereocenters. The fourth-order valence-corrected chi connectivity index (χ4v) is 3.55. The van der Waals surface area contributed by atoms with Crippen LogP contribution in [0.1, 0.15) is 11.1 Å². The summed E-state index contributed by atoms with van der Waals surface area (Å²) in [6, 6.07) is 20.7. The molecule has 3 aromatic rings. The van der Waals surface area contributed by atoms with E-state index in [2.05, 4.69) is 69.5 Å². The summed E-state index contributed by atoms with van der Waals surface area (Å²) in [6.45, 7) is 6.97. The average molecular weight is 389 g/mol. The fraction of sp³-hybridized carbons (Fsp3) is 0.304. The largest absolute Gasteiger partial charge is 0.383 e. The van der Waals surface area contributed by atoms with Crippen LogP contribution in [0, 0.1) is 6.92 Å². The Balaban J connectivity index is 1.35. The van der Waals surface area contributed by atoms with Crippen LogP contribution < -0.4 is 16.0 Å². The topological polar surface area (TPSA) is 70.3 Å². The number of anilines is 4. The smallest absolute Gasteiger partial charge is 0.229 e. The van der Waals surface area contributed by atoms with Gasteiger partial charge < -0.3 is 16.0 Å². The molecule has 0 unspecified atom stereocenters. The van der Waals surface area contributed by atoms with Crippen molar-refractivity contribution in [3.05, 3.63) is 71.8 Å². The summed E-state index contributed by atoms with van der Waals surface area (Å²) in [6.07, 6.45) is 1.08. The number of hydrogen-bond donors (Lipinski definition) is 2. The zero-order chi connectivity index (χ0) is 20.1. The van der Waals surface area contributed by atoms with E-state index in [0.717, 1.165) is 50.6 Å². The van der Waals surface area contributed by atoms with Gasteiger partial charge in [-0.15, -0.1) is 0 Å². The summed E-state index contributed by atoms with van der Waals surface area (Å²) in [5.74, 6) is 1.90. The van der Waals surface area contributed by atoms with E-state index in [1.807, 2.05) is 12.1 Å². The Labute approximate surface area is 172 Å². The highest BCUT2D eigenvalue weighted by molar-refractivity contribution is 5.60. The Morgan fingerprint density at radius 2 is 1.66 bits per heavy atom. The van der Waals surface area contributed by atoms with E-state index in [1.54, 1.807) is 6.07 Å². The summed E-state index contributed by atoms with van der Waals surface area (Å²) in [5.41, 5.74) is 9.66. The molecule has 4 rings (SSSR count). The predicted molar refractivity (Wildman–Crippen MR) is 120 cm³/mol. The van der Waals surface area contributed by atoms with Crippen LogP contribution in [0.4, 0.5) is 23.3 Å². The van der Waals surface area contributed by atoms with E-state index in [0.29, 0.717) is 11.8 Å². The second-order valence-electron chi connectivity index (χ2n) is 7.53. The molecule has 6 nitrogen and oxygen atoms in total. The number of aryl methyl sites for hydroxylation is 1. The van der Waals surface area contributed by atoms with Gasteiger partial charge in [-0.3, -0.25) is 4.90 Å². The summed E-state index contributed by atoms with van der Waals surface area (Å²) in [7, 11) is 0. The number of nitrogens with one attached hydrogen (secondary N) is 1. The molecule has 0 bridgehead atoms. The quantitative estimate of drug-likeness (QED) is 0.674. The van der Waals surface area contributed by atoms with Crippen molar-refractivity contribution >= 4 is 23.3 Å². The first kappa shape index (κ1) is 19.2. The Hall–Kier alpha value is -3.12. The van der Waals surface area contributed by atoms with Gasteiger partial charge in [0.25, 0.3) is 0 Å². The van der Waals surface area contributed by atoms with Crippen molar-refractivity contribution < 1.29 is 0 Å². The van der Waals surface area contributed by atoms with E-state index in [9.17, 15) is 0 Å². The van der Waals surface area contributed by atoms with Gasteiger partial charge in [0, 0.05) is 44.5 Å². The Bertz CT molecular complexity index is 918. The second-order valence-corrected chi connectivity index (χ2v) is 7.53. The van der Waals surface area contributed by atoms with Gasteiger partial charge in [-0.05, 0) is 31.0 Å². The fourth-order valence-electron chi connectivity index (χ4n) is 3.55. The molecule has 2 aromatic carbocycles. The van der Waals surface area contributed by atoms with Crippen molar-refractivity contribution in [3.8, 4) is 0 Å². The zero-order valence-corrected chi connectivity index (χ0v) is 16.9. The standard InChI is InChI=1S/C23H28N6/c1-18-7-9-20(10-8-18)25-22-17-21(24)26-23(27-22)29-15-13-28(14-16-29)12-11-19-5-3-2-4-6-19/h2-10,17H,11-16H2,1H3,(H3,24,25,26,27). The van der Waals surface area contributed by atoms with Crippen molar-refractivity contribution in [2.45, 2.75) is 13.3 Å². The average Bonchev–Trinajstić information content (AvgIpc) is 2.75. The minimum Gasteiger partial charge on any atom is -0.383 e. The SMILES string of the molecule is Cc1ccc(Nc2cc(N)nc(N3CCN(CCc4ccccc4)CC3)n2)cc1. The van der Waals surface area contributed by atoms with Gasteiger partial charge in [0.05, 0.1) is 0 Å². The van der Waals surface area contributed by atoms with Crippen LogP contribution in [0.5, 0.6) is 0 Å². The third-order valence-corrected chi connectivity index (χ3v) is 5.27. The first-order chi connectivity index (χ1) is 14.2. The third kappa shape index (κ3) is 5.23. The number of rotatable bonds is 6. The van der Waals surface area contributed by atoms with Gasteiger partial charge >= 0.3 is 0 Å². The number of nitrogens with two attached hydrogens (primary N) is 1. The Kier molecular flexibility index (Phi) is 5.91. The van der Waals surface area contributed by atoms with Gasteiger partial charge in [0.1, 0.15) is 11.6 Å². The maximum atomic E-state index is 6.06. The van der Waals surface area contributed by atoms with Crippen molar-refractivity contribution in [2.24, 2.45) is 0 Å². The highest BCUT2D eigenvalue weighted by Gasteiger charge is 2.19. The van der Waals surface area contributed by atoms with Gasteiger partial charge in [0.15, 0.2) is 0 Å². The lowest BCUT2D eigenvalue weighted by atomic mass is 10.1. The third-order valence-electron chi connectivity index (χ3n) is 5.27. The lowest BCUT2D eigenvalue weighted by Gasteiger charge is -2.34. The summed E-state index contributed by atoms with van der Waals surface area (Å²) in [5, 5.41) is 3.33. The molecule has 2 heterocycles. The highest BCUT2D eigenvalue weighted by Crippen LogP contribution is 2.21. The Morgan fingerprint density at radius 3 is 2.38 bits per heavy atom. The van der Waals surface area contributed by atoms with Crippen LogP contribution in [-0.2, 0) is 6.42 Å². The number of piperazine rings is 1. The molecule has 0 spiro atoms. The van der Waals surface area contributed by atoms with Gasteiger partial charge in [-0.25, -0.2) is 0 Å². The minimum atomic E-state index is 0.483. The number of aromatic nitrogens is 2. The van der Waals surface area contributed by atoms with E-state index >= 15 is 0 Å². The first-order valence-corrected chi connectivity index (χ1v) is 10.2. The van der Waals surface area contributed by atoms with Crippen LogP contribution >= 0.6 is 0 Å². The maximum Gasteiger partial charge on any atom is 0.229 e. The van der Waals surface area contributed by atoms with Gasteiger partial charge in [-0.1, -0.05) is 48.0 Å². The monoisotopic (exact) mass is 388 g/mol. The number of hydrogen-bond acceptors (Lipinski definition) is 6. The van der Waals surface area contributed by atoms with E-state index in [4.69, 9.17) is 10.7 Å². The molecule has 0 radical (unpaired) electrons. The van der Waals surface area contributed by atoms with Crippen molar-refractivity contribution in [1.82, 2.24) is 14.9 Å². The molecule has 1 aromatic heterocycles. The molecule has 150 valence electrons. The van der Waals surface area contributed by atoms with E-state index in [-0.39, 0.29) is 0 Å². The summed E-state index contributed by atoms with van der Waals surface area (Å²) in [4.78, 5) is 13.9. The molecule has 3 N–H and O–H groups in total. The lowest BCUT2D eigenvalue weighted by molar-refractivity contribution is 0.260. The van der Waals surface area contributed by atoms with E-state index in [1.165, 1.54) is 11.1 Å². The van der Waals surface area contributed by atoms with Crippen LogP contribution in [-0.4, -0.2) is 47.6 Å². The molecule has 1 saturated heterocycles. The van der Waals surface area contributed by atoms with Crippen molar-refractivity contribution in [2.75, 3.05) is 48.7 Å². The van der Waals surface area contributed by atoms with Gasteiger partial charge in [0.2, 0.25) is 5.95 Å². The van der Waals surface area contributed by atoms with Crippen molar-refractivity contribution in [1.29, 1.82) is 0 Å². The normalized spacial score (nSPS) is 14.7. The number of nitrogen functional groups attached to an aromatic ring is 1. The maximum absolute atomic E-state index is 6.06. The van der Waals surface area contributed by atoms with Crippen LogP contribution in [0.3, 0.4) is 0 Å². The number of benzene rings is 2. The minimum absolute atomic E-state index is 0.483. The summed E-state index contributed by atoms with van der Waals surface area (Å²) < 4.78 is 0. The van der Waals surface area contributed by atoms with Gasteiger partial charge in [-0.2, -0.15) is 9.97 Å². The lowest BCUT2D eigenvalue weighted by Crippen LogP contribution is -2.47. The number of nitrogens with zero attached hydrogens (tertiary/aromatic N) is 4. The molecular formula is C23H28N6. The predicted octanol–water partition coefficient (Wildman–Crippen LogP) is 3.48. The van der Waals surface area contributed by atoms with Crippen LogP contribution in [0.25, 0.3) is 0 Å². The molecule has 29 heavy (non-hydrogen) atoms. The molecule has 0 aliphatic carbocycles. The molecule has 1 aliphatic heterocycles. The van der Waals surface area contributed by atoms with Crippen molar-refractivity contribution in [3.63, 3.8) is 0 Å². The second kappa shape index (κ2) is 8.92. The summed E-state index contributed by atoms with van der Waals surface area (Å²) >= 11 is 0. The first-order valence-electron chi connectivity index (χ1n) is 10.2. The molecule has 0 saturated carbocycles. The Morgan fingerprint density at radius 1 is 0.931 bits per heavy atom. The van der Waals surface area contributed by atoms with Crippen LogP contribution in [0.2, 0.25) is 0 Å². The molecule has 1 aliphatic rings. The highest BCUT2D eigenvalue weighted by atomic mass is 15.3. The molecule has 6 heteroatoms. The van der Waals surface area contributed by atoms with E-state index < -0.39 is 0 Å². The molecule has 0 amide bonds. The molecular weight excluding hydrogens is 360 g/mol. The van der Waals surface area contributed by atoms with Crippen LogP contribution in [0.15, 0.2) is 60.7 Å².